The van der Waals surface area contributed by atoms with E-state index in [0.717, 1.165) is 10.6 Å². The van der Waals surface area contributed by atoms with Crippen LogP contribution in [0.1, 0.15) is 20.3 Å². The van der Waals surface area contributed by atoms with Crippen molar-refractivity contribution >= 4 is 17.7 Å². The molecule has 16 heavy (non-hydrogen) atoms. The number of carboxylic acids is 1. The molecule has 0 amide bonds. The molecule has 1 rings (SSSR count). The van der Waals surface area contributed by atoms with Gasteiger partial charge < -0.3 is 9.84 Å². The lowest BCUT2D eigenvalue weighted by Crippen LogP contribution is -2.05. The minimum Gasteiger partial charge on any atom is -0.491 e. The standard InChI is InChI=1S/C12H16O3S/c1-9(2)15-10-3-5-11(6-4-10)16-8-7-12(13)14/h3-6,9H,7-8H2,1-2H3,(H,13,14). The van der Waals surface area contributed by atoms with Crippen LogP contribution < -0.4 is 4.74 Å². The molecule has 0 heterocycles. The first-order valence-electron chi connectivity index (χ1n) is 5.19. The second-order valence-corrected chi connectivity index (χ2v) is 4.80. The van der Waals surface area contributed by atoms with Gasteiger partial charge in [0.15, 0.2) is 0 Å². The summed E-state index contributed by atoms with van der Waals surface area (Å²) in [6, 6.07) is 7.71. The second kappa shape index (κ2) is 6.43. The van der Waals surface area contributed by atoms with Gasteiger partial charge >= 0.3 is 5.97 Å². The Morgan fingerprint density at radius 3 is 2.50 bits per heavy atom. The Morgan fingerprint density at radius 1 is 1.38 bits per heavy atom. The van der Waals surface area contributed by atoms with Crippen molar-refractivity contribution in [3.8, 4) is 5.75 Å². The molecule has 0 unspecified atom stereocenters. The van der Waals surface area contributed by atoms with E-state index in [2.05, 4.69) is 0 Å². The number of aliphatic carboxylic acids is 1. The third kappa shape index (κ3) is 5.07. The molecule has 1 aromatic carbocycles. The van der Waals surface area contributed by atoms with Crippen molar-refractivity contribution < 1.29 is 14.6 Å². The zero-order valence-electron chi connectivity index (χ0n) is 9.47. The summed E-state index contributed by atoms with van der Waals surface area (Å²) in [4.78, 5) is 11.4. The highest BCUT2D eigenvalue weighted by Crippen LogP contribution is 2.22. The molecule has 0 saturated heterocycles. The Hall–Kier alpha value is -1.16. The Balaban J connectivity index is 2.42. The van der Waals surface area contributed by atoms with Gasteiger partial charge in [0, 0.05) is 10.6 Å². The highest BCUT2D eigenvalue weighted by Gasteiger charge is 2.00. The number of hydrogen-bond donors (Lipinski definition) is 1. The predicted octanol–water partition coefficient (Wildman–Crippen LogP) is 3.04. The maximum atomic E-state index is 10.3. The molecule has 88 valence electrons. The van der Waals surface area contributed by atoms with Crippen molar-refractivity contribution in [2.45, 2.75) is 31.3 Å². The maximum absolute atomic E-state index is 10.3. The molecular weight excluding hydrogens is 224 g/mol. The number of benzene rings is 1. The summed E-state index contributed by atoms with van der Waals surface area (Å²) < 4.78 is 5.51. The Bertz CT molecular complexity index is 333. The topological polar surface area (TPSA) is 46.5 Å². The molecule has 0 fully saturated rings. The average Bonchev–Trinajstić information content (AvgIpc) is 2.19. The molecule has 0 atom stereocenters. The summed E-state index contributed by atoms with van der Waals surface area (Å²) >= 11 is 1.54. The van der Waals surface area contributed by atoms with Crippen LogP contribution in [0.25, 0.3) is 0 Å². The second-order valence-electron chi connectivity index (χ2n) is 3.63. The maximum Gasteiger partial charge on any atom is 0.304 e. The van der Waals surface area contributed by atoms with E-state index >= 15 is 0 Å². The van der Waals surface area contributed by atoms with Gasteiger partial charge in [-0.15, -0.1) is 11.8 Å². The van der Waals surface area contributed by atoms with Gasteiger partial charge in [-0.1, -0.05) is 0 Å². The Labute approximate surface area is 99.8 Å². The molecule has 0 aromatic heterocycles. The fraction of sp³-hybridized carbons (Fsp3) is 0.417. The number of thioether (sulfide) groups is 1. The van der Waals surface area contributed by atoms with Gasteiger partial charge in [0.25, 0.3) is 0 Å². The molecule has 1 N–H and O–H groups in total. The lowest BCUT2D eigenvalue weighted by atomic mass is 10.3. The normalized spacial score (nSPS) is 10.4. The van der Waals surface area contributed by atoms with Crippen molar-refractivity contribution in [2.75, 3.05) is 5.75 Å². The van der Waals surface area contributed by atoms with Gasteiger partial charge in [0.1, 0.15) is 5.75 Å². The number of hydrogen-bond acceptors (Lipinski definition) is 3. The molecule has 0 aliphatic heterocycles. The number of carbonyl (C=O) groups is 1. The largest absolute Gasteiger partial charge is 0.491 e. The lowest BCUT2D eigenvalue weighted by molar-refractivity contribution is -0.136. The SMILES string of the molecule is CC(C)Oc1ccc(SCCC(=O)O)cc1. The lowest BCUT2D eigenvalue weighted by Gasteiger charge is -2.09. The van der Waals surface area contributed by atoms with Crippen LogP contribution >= 0.6 is 11.8 Å². The van der Waals surface area contributed by atoms with Crippen LogP contribution in [0.2, 0.25) is 0 Å². The molecule has 0 bridgehead atoms. The van der Waals surface area contributed by atoms with Crippen molar-refractivity contribution in [1.29, 1.82) is 0 Å². The first kappa shape index (κ1) is 12.9. The van der Waals surface area contributed by atoms with E-state index in [0.29, 0.717) is 5.75 Å². The zero-order chi connectivity index (χ0) is 12.0. The molecule has 0 spiro atoms. The fourth-order valence-electron chi connectivity index (χ4n) is 1.14. The van der Waals surface area contributed by atoms with Crippen LogP contribution in [0.15, 0.2) is 29.2 Å². The summed E-state index contributed by atoms with van der Waals surface area (Å²) in [6.07, 6.45) is 0.361. The highest BCUT2D eigenvalue weighted by molar-refractivity contribution is 7.99. The van der Waals surface area contributed by atoms with Crippen LogP contribution in [0.3, 0.4) is 0 Å². The molecular formula is C12H16O3S. The van der Waals surface area contributed by atoms with E-state index in [1.165, 1.54) is 11.8 Å². The molecule has 0 radical (unpaired) electrons. The van der Waals surface area contributed by atoms with E-state index in [-0.39, 0.29) is 12.5 Å². The van der Waals surface area contributed by atoms with Crippen molar-refractivity contribution in [1.82, 2.24) is 0 Å². The molecule has 0 aliphatic carbocycles. The summed E-state index contributed by atoms with van der Waals surface area (Å²) in [7, 11) is 0. The predicted molar refractivity (Wildman–Crippen MR) is 65.2 cm³/mol. The van der Waals surface area contributed by atoms with Gasteiger partial charge in [-0.05, 0) is 38.1 Å². The minimum absolute atomic E-state index is 0.172. The van der Waals surface area contributed by atoms with E-state index in [1.54, 1.807) is 0 Å². The van der Waals surface area contributed by atoms with Gasteiger partial charge in [-0.25, -0.2) is 0 Å². The number of rotatable bonds is 6. The molecule has 1 aromatic rings. The summed E-state index contributed by atoms with van der Waals surface area (Å²) in [5.74, 6) is 0.685. The molecule has 3 nitrogen and oxygen atoms in total. The summed E-state index contributed by atoms with van der Waals surface area (Å²) in [6.45, 7) is 3.96. The smallest absolute Gasteiger partial charge is 0.304 e. The average molecular weight is 240 g/mol. The van der Waals surface area contributed by atoms with E-state index in [1.807, 2.05) is 38.1 Å². The Kier molecular flexibility index (Phi) is 5.19. The molecule has 0 aliphatic rings. The van der Waals surface area contributed by atoms with E-state index in [4.69, 9.17) is 9.84 Å². The van der Waals surface area contributed by atoms with Crippen molar-refractivity contribution in [3.63, 3.8) is 0 Å². The van der Waals surface area contributed by atoms with E-state index in [9.17, 15) is 4.79 Å². The van der Waals surface area contributed by atoms with Gasteiger partial charge in [-0.2, -0.15) is 0 Å². The highest BCUT2D eigenvalue weighted by atomic mass is 32.2. The van der Waals surface area contributed by atoms with Crippen molar-refractivity contribution in [3.05, 3.63) is 24.3 Å². The van der Waals surface area contributed by atoms with Crippen LogP contribution in [0.4, 0.5) is 0 Å². The van der Waals surface area contributed by atoms with Crippen LogP contribution in [-0.2, 0) is 4.79 Å². The number of carboxylic acid groups (broad SMARTS) is 1. The first-order chi connectivity index (χ1) is 7.58. The third-order valence-electron chi connectivity index (χ3n) is 1.78. The summed E-state index contributed by atoms with van der Waals surface area (Å²) in [5.41, 5.74) is 0. The van der Waals surface area contributed by atoms with Gasteiger partial charge in [-0.3, -0.25) is 4.79 Å². The molecule has 0 saturated carbocycles. The van der Waals surface area contributed by atoms with Crippen LogP contribution in [0.5, 0.6) is 5.75 Å². The third-order valence-corrected chi connectivity index (χ3v) is 2.79. The van der Waals surface area contributed by atoms with Gasteiger partial charge in [0.05, 0.1) is 12.5 Å². The first-order valence-corrected chi connectivity index (χ1v) is 6.18. The monoisotopic (exact) mass is 240 g/mol. The summed E-state index contributed by atoms with van der Waals surface area (Å²) in [5, 5.41) is 8.50. The van der Waals surface area contributed by atoms with Crippen LogP contribution in [-0.4, -0.2) is 22.9 Å². The van der Waals surface area contributed by atoms with Crippen molar-refractivity contribution in [2.24, 2.45) is 0 Å². The zero-order valence-corrected chi connectivity index (χ0v) is 10.3. The number of ether oxygens (including phenoxy) is 1. The minimum atomic E-state index is -0.757. The Morgan fingerprint density at radius 2 is 2.00 bits per heavy atom. The molecule has 4 heteroatoms. The quantitative estimate of drug-likeness (QED) is 0.776. The van der Waals surface area contributed by atoms with Gasteiger partial charge in [0.2, 0.25) is 0 Å². The van der Waals surface area contributed by atoms with Crippen LogP contribution in [0, 0.1) is 0 Å². The fourth-order valence-corrected chi connectivity index (χ4v) is 1.98. The van der Waals surface area contributed by atoms with E-state index < -0.39 is 5.97 Å².